The predicted molar refractivity (Wildman–Crippen MR) is 84.7 cm³/mol. The highest BCUT2D eigenvalue weighted by atomic mass is 35.5. The third kappa shape index (κ3) is 3.77. The van der Waals surface area contributed by atoms with Crippen LogP contribution in [-0.2, 0) is 9.59 Å². The number of hydrogen-bond acceptors (Lipinski definition) is 6. The second kappa shape index (κ2) is 6.80. The number of carboxylic acids is 1. The SMILES string of the molecule is Cc1c(Cl)ccc(C=NN=C2NC(=O)C(CC(=O)O)S2)c1O. The number of phenols is 1. The van der Waals surface area contributed by atoms with Crippen molar-refractivity contribution < 1.29 is 19.8 Å². The van der Waals surface area contributed by atoms with Crippen molar-refractivity contribution in [1.29, 1.82) is 0 Å². The van der Waals surface area contributed by atoms with Crippen molar-refractivity contribution in [2.24, 2.45) is 10.2 Å². The van der Waals surface area contributed by atoms with Gasteiger partial charge in [0.2, 0.25) is 5.91 Å². The largest absolute Gasteiger partial charge is 0.507 e. The number of amidine groups is 1. The third-order valence-corrected chi connectivity index (χ3v) is 4.36. The van der Waals surface area contributed by atoms with Gasteiger partial charge in [0.15, 0.2) is 5.17 Å². The molecule has 1 fully saturated rings. The molecule has 7 nitrogen and oxygen atoms in total. The molecule has 0 aliphatic carbocycles. The molecule has 0 bridgehead atoms. The molecule has 3 N–H and O–H groups in total. The van der Waals surface area contributed by atoms with Crippen LogP contribution < -0.4 is 5.32 Å². The Morgan fingerprint density at radius 3 is 2.95 bits per heavy atom. The molecular formula is C13H12ClN3O4S. The lowest BCUT2D eigenvalue weighted by Gasteiger charge is -2.03. The Morgan fingerprint density at radius 2 is 2.27 bits per heavy atom. The number of hydrogen-bond donors (Lipinski definition) is 3. The average molecular weight is 342 g/mol. The van der Waals surface area contributed by atoms with Crippen molar-refractivity contribution in [3.8, 4) is 5.75 Å². The van der Waals surface area contributed by atoms with Crippen LogP contribution in [0.15, 0.2) is 22.3 Å². The number of benzene rings is 1. The van der Waals surface area contributed by atoms with Crippen molar-refractivity contribution in [2.45, 2.75) is 18.6 Å². The maximum absolute atomic E-state index is 11.5. The minimum Gasteiger partial charge on any atom is -0.507 e. The first-order valence-electron chi connectivity index (χ1n) is 6.17. The number of carboxylic acid groups (broad SMARTS) is 1. The van der Waals surface area contributed by atoms with Gasteiger partial charge in [-0.3, -0.25) is 9.59 Å². The van der Waals surface area contributed by atoms with Crippen LogP contribution in [0.1, 0.15) is 17.5 Å². The molecular weight excluding hydrogens is 330 g/mol. The third-order valence-electron chi connectivity index (χ3n) is 2.88. The van der Waals surface area contributed by atoms with Gasteiger partial charge in [-0.25, -0.2) is 0 Å². The Balaban J connectivity index is 2.08. The molecule has 1 unspecified atom stereocenters. The van der Waals surface area contributed by atoms with Crippen LogP contribution in [0.2, 0.25) is 5.02 Å². The maximum Gasteiger partial charge on any atom is 0.305 e. The molecule has 1 aliphatic rings. The quantitative estimate of drug-likeness (QED) is 0.570. The Labute approximate surface area is 135 Å². The summed E-state index contributed by atoms with van der Waals surface area (Å²) >= 11 is 6.87. The van der Waals surface area contributed by atoms with Crippen LogP contribution in [0.25, 0.3) is 0 Å². The lowest BCUT2D eigenvalue weighted by molar-refractivity contribution is -0.138. The first-order valence-corrected chi connectivity index (χ1v) is 7.42. The number of rotatable bonds is 4. The summed E-state index contributed by atoms with van der Waals surface area (Å²) < 4.78 is 0. The molecule has 1 amide bonds. The van der Waals surface area contributed by atoms with E-state index < -0.39 is 17.1 Å². The van der Waals surface area contributed by atoms with Gasteiger partial charge in [0, 0.05) is 16.1 Å². The second-order valence-electron chi connectivity index (χ2n) is 4.45. The summed E-state index contributed by atoms with van der Waals surface area (Å²) in [6, 6.07) is 3.21. The summed E-state index contributed by atoms with van der Waals surface area (Å²) in [5.41, 5.74) is 0.964. The van der Waals surface area contributed by atoms with Gasteiger partial charge in [0.05, 0.1) is 12.6 Å². The van der Waals surface area contributed by atoms with Gasteiger partial charge in [-0.15, -0.1) is 5.10 Å². The Morgan fingerprint density at radius 1 is 1.55 bits per heavy atom. The molecule has 116 valence electrons. The first-order chi connectivity index (χ1) is 10.4. The molecule has 22 heavy (non-hydrogen) atoms. The van der Waals surface area contributed by atoms with E-state index in [1.54, 1.807) is 19.1 Å². The summed E-state index contributed by atoms with van der Waals surface area (Å²) in [6.45, 7) is 1.67. The summed E-state index contributed by atoms with van der Waals surface area (Å²) in [5.74, 6) is -1.46. The average Bonchev–Trinajstić information content (AvgIpc) is 2.78. The van der Waals surface area contributed by atoms with E-state index in [1.807, 2.05) is 0 Å². The van der Waals surface area contributed by atoms with Crippen molar-refractivity contribution in [3.05, 3.63) is 28.3 Å². The minimum absolute atomic E-state index is 0.00307. The zero-order valence-corrected chi connectivity index (χ0v) is 13.0. The van der Waals surface area contributed by atoms with Crippen molar-refractivity contribution in [2.75, 3.05) is 0 Å². The molecule has 1 aromatic carbocycles. The fourth-order valence-electron chi connectivity index (χ4n) is 1.69. The van der Waals surface area contributed by atoms with Crippen LogP contribution in [0.5, 0.6) is 5.75 Å². The van der Waals surface area contributed by atoms with Gasteiger partial charge >= 0.3 is 5.97 Å². The molecule has 1 aliphatic heterocycles. The fourth-order valence-corrected chi connectivity index (χ4v) is 2.76. The van der Waals surface area contributed by atoms with Gasteiger partial charge < -0.3 is 15.5 Å². The number of nitrogens with one attached hydrogen (secondary N) is 1. The standard InChI is InChI=1S/C13H12ClN3O4S/c1-6-8(14)3-2-7(11(6)20)5-15-17-13-16-12(21)9(22-13)4-10(18)19/h2-3,5,9,20H,4H2,1H3,(H,18,19)(H,16,17,21). The lowest BCUT2D eigenvalue weighted by Crippen LogP contribution is -2.26. The number of phenolic OH excluding ortho intramolecular Hbond substituents is 1. The molecule has 2 rings (SSSR count). The Hall–Kier alpha value is -2.06. The number of amides is 1. The van der Waals surface area contributed by atoms with E-state index in [1.165, 1.54) is 6.21 Å². The molecule has 0 spiro atoms. The van der Waals surface area contributed by atoms with Crippen molar-refractivity contribution in [3.63, 3.8) is 0 Å². The predicted octanol–water partition coefficient (Wildman–Crippen LogP) is 1.75. The number of aromatic hydroxyl groups is 1. The normalized spacial score (nSPS) is 19.8. The van der Waals surface area contributed by atoms with Gasteiger partial charge in [0.25, 0.3) is 0 Å². The van der Waals surface area contributed by atoms with E-state index in [0.29, 0.717) is 16.1 Å². The van der Waals surface area contributed by atoms with E-state index in [0.717, 1.165) is 11.8 Å². The zero-order valence-electron chi connectivity index (χ0n) is 11.4. The number of aliphatic carboxylic acids is 1. The highest BCUT2D eigenvalue weighted by Gasteiger charge is 2.32. The topological polar surface area (TPSA) is 111 Å². The van der Waals surface area contributed by atoms with E-state index in [2.05, 4.69) is 15.5 Å². The Bertz CT molecular complexity index is 690. The number of thioether (sulfide) groups is 1. The number of carbonyl (C=O) groups is 2. The molecule has 1 heterocycles. The lowest BCUT2D eigenvalue weighted by atomic mass is 10.1. The molecule has 1 saturated heterocycles. The highest BCUT2D eigenvalue weighted by Crippen LogP contribution is 2.27. The summed E-state index contributed by atoms with van der Waals surface area (Å²) in [7, 11) is 0. The van der Waals surface area contributed by atoms with Crippen LogP contribution in [-0.4, -0.2) is 38.7 Å². The van der Waals surface area contributed by atoms with Crippen LogP contribution in [0, 0.1) is 6.92 Å². The minimum atomic E-state index is -1.06. The summed E-state index contributed by atoms with van der Waals surface area (Å²) in [5, 5.41) is 28.5. The monoisotopic (exact) mass is 341 g/mol. The number of nitrogens with zero attached hydrogens (tertiary/aromatic N) is 2. The van der Waals surface area contributed by atoms with Crippen LogP contribution >= 0.6 is 23.4 Å². The van der Waals surface area contributed by atoms with Crippen molar-refractivity contribution in [1.82, 2.24) is 5.32 Å². The molecule has 9 heteroatoms. The number of carbonyl (C=O) groups excluding carboxylic acids is 1. The van der Waals surface area contributed by atoms with Gasteiger partial charge in [-0.2, -0.15) is 5.10 Å². The molecule has 0 radical (unpaired) electrons. The zero-order chi connectivity index (χ0) is 16.3. The highest BCUT2D eigenvalue weighted by molar-refractivity contribution is 8.15. The summed E-state index contributed by atoms with van der Waals surface area (Å²) in [4.78, 5) is 22.1. The summed E-state index contributed by atoms with van der Waals surface area (Å²) in [6.07, 6.45) is 1.04. The van der Waals surface area contributed by atoms with E-state index in [4.69, 9.17) is 16.7 Å². The van der Waals surface area contributed by atoms with Crippen molar-refractivity contribution >= 4 is 46.6 Å². The molecule has 0 aromatic heterocycles. The van der Waals surface area contributed by atoms with Gasteiger partial charge in [0.1, 0.15) is 11.0 Å². The van der Waals surface area contributed by atoms with E-state index in [9.17, 15) is 14.7 Å². The van der Waals surface area contributed by atoms with Crippen LogP contribution in [0.4, 0.5) is 0 Å². The first kappa shape index (κ1) is 16.3. The maximum atomic E-state index is 11.5. The van der Waals surface area contributed by atoms with E-state index >= 15 is 0 Å². The molecule has 0 saturated carbocycles. The second-order valence-corrected chi connectivity index (χ2v) is 6.05. The van der Waals surface area contributed by atoms with Crippen LogP contribution in [0.3, 0.4) is 0 Å². The fraction of sp³-hybridized carbons (Fsp3) is 0.231. The smallest absolute Gasteiger partial charge is 0.305 e. The number of halogens is 1. The van der Waals surface area contributed by atoms with E-state index in [-0.39, 0.29) is 17.3 Å². The molecule has 1 atom stereocenters. The Kier molecular flexibility index (Phi) is 5.04. The van der Waals surface area contributed by atoms with Gasteiger partial charge in [-0.05, 0) is 19.1 Å². The molecule has 1 aromatic rings. The van der Waals surface area contributed by atoms with Gasteiger partial charge in [-0.1, -0.05) is 23.4 Å².